The predicted molar refractivity (Wildman–Crippen MR) is 402 cm³/mol. The molecular formula is C89H60BN7. The summed E-state index contributed by atoms with van der Waals surface area (Å²) in [5.74, 6) is 1.17. The molecule has 0 fully saturated rings. The summed E-state index contributed by atoms with van der Waals surface area (Å²) in [4.78, 5) is 27.3. The Kier molecular flexibility index (Phi) is 12.9. The van der Waals surface area contributed by atoms with Crippen LogP contribution >= 0.6 is 0 Å². The maximum Gasteiger partial charge on any atom is 0.252 e. The van der Waals surface area contributed by atoms with Gasteiger partial charge in [-0.05, 0) is 153 Å². The minimum atomic E-state index is -0.236. The second kappa shape index (κ2) is 22.3. The Morgan fingerprint density at radius 1 is 0.278 bits per heavy atom. The Morgan fingerprint density at radius 3 is 1.36 bits per heavy atom. The molecule has 16 aromatic rings. The van der Waals surface area contributed by atoms with Crippen molar-refractivity contribution in [1.82, 2.24) is 24.5 Å². The van der Waals surface area contributed by atoms with Crippen molar-refractivity contribution < 1.29 is 0 Å². The molecule has 0 amide bonds. The molecule has 0 bridgehead atoms. The van der Waals surface area contributed by atoms with Gasteiger partial charge >= 0.3 is 0 Å². The van der Waals surface area contributed by atoms with Crippen LogP contribution in [0.3, 0.4) is 0 Å². The highest BCUT2D eigenvalue weighted by atomic mass is 15.2. The van der Waals surface area contributed by atoms with Gasteiger partial charge in [0.25, 0.3) is 6.71 Å². The Hall–Kier alpha value is -12.5. The fourth-order valence-corrected chi connectivity index (χ4v) is 15.7. The maximum atomic E-state index is 5.83. The Morgan fingerprint density at radius 2 is 0.763 bits per heavy atom. The summed E-state index contributed by atoms with van der Waals surface area (Å²) in [6, 6.07) is 118. The van der Waals surface area contributed by atoms with E-state index in [-0.39, 0.29) is 12.1 Å². The summed E-state index contributed by atoms with van der Waals surface area (Å²) < 4.78 is 2.44. The fourth-order valence-electron chi connectivity index (χ4n) is 15.7. The second-order valence-electron chi connectivity index (χ2n) is 26.1. The van der Waals surface area contributed by atoms with Crippen molar-refractivity contribution in [2.24, 2.45) is 0 Å². The highest BCUT2D eigenvalue weighted by molar-refractivity contribution is 7.00. The number of fused-ring (bicyclic) bond motifs is 10. The van der Waals surface area contributed by atoms with Crippen LogP contribution in [0.2, 0.25) is 0 Å². The molecule has 5 heterocycles. The number of hydrogen-bond acceptors (Lipinski definition) is 6. The largest absolute Gasteiger partial charge is 0.311 e. The molecule has 7 nitrogen and oxygen atoms in total. The van der Waals surface area contributed by atoms with Crippen LogP contribution in [0.25, 0.3) is 118 Å². The molecule has 0 saturated carbocycles. The topological polar surface area (TPSA) is 63.0 Å². The summed E-state index contributed by atoms with van der Waals surface area (Å²) in [6.07, 6.45) is 0. The van der Waals surface area contributed by atoms with Gasteiger partial charge in [0.15, 0.2) is 11.6 Å². The molecule has 0 atom stereocenters. The van der Waals surface area contributed by atoms with Crippen molar-refractivity contribution in [3.8, 4) is 95.7 Å². The number of benzene rings is 13. The number of para-hydroxylation sites is 5. The summed E-state index contributed by atoms with van der Waals surface area (Å²) in [7, 11) is 0. The molecule has 0 N–H and O–H groups in total. The molecule has 3 aliphatic rings. The molecule has 454 valence electrons. The van der Waals surface area contributed by atoms with Crippen LogP contribution in [-0.2, 0) is 5.41 Å². The number of rotatable bonds is 10. The zero-order valence-electron chi connectivity index (χ0n) is 53.4. The van der Waals surface area contributed by atoms with Gasteiger partial charge in [-0.1, -0.05) is 238 Å². The van der Waals surface area contributed by atoms with E-state index in [9.17, 15) is 0 Å². The van der Waals surface area contributed by atoms with E-state index >= 15 is 0 Å². The van der Waals surface area contributed by atoms with Crippen LogP contribution in [-0.4, -0.2) is 31.2 Å². The van der Waals surface area contributed by atoms with Gasteiger partial charge in [0.05, 0.1) is 39.5 Å². The van der Waals surface area contributed by atoms with Gasteiger partial charge in [-0.15, -0.1) is 0 Å². The number of aromatic nitrogens is 5. The van der Waals surface area contributed by atoms with Crippen molar-refractivity contribution in [3.63, 3.8) is 0 Å². The van der Waals surface area contributed by atoms with Crippen molar-refractivity contribution in [3.05, 3.63) is 339 Å². The smallest absolute Gasteiger partial charge is 0.252 e. The molecule has 8 heteroatoms. The van der Waals surface area contributed by atoms with Gasteiger partial charge in [-0.25, -0.2) is 19.9 Å². The Bertz CT molecular complexity index is 5640. The third-order valence-corrected chi connectivity index (χ3v) is 20.2. The van der Waals surface area contributed by atoms with Crippen LogP contribution in [0.5, 0.6) is 0 Å². The van der Waals surface area contributed by atoms with Gasteiger partial charge < -0.3 is 14.4 Å². The van der Waals surface area contributed by atoms with E-state index < -0.39 is 0 Å². The lowest BCUT2D eigenvalue weighted by molar-refractivity contribution is 0.661. The van der Waals surface area contributed by atoms with Gasteiger partial charge in [0, 0.05) is 83.7 Å². The summed E-state index contributed by atoms with van der Waals surface area (Å²) >= 11 is 0. The first kappa shape index (κ1) is 56.1. The fraction of sp³-hybridized carbons (Fsp3) is 0.0337. The first-order valence-corrected chi connectivity index (χ1v) is 33.3. The number of anilines is 6. The molecule has 0 spiro atoms. The molecule has 0 unspecified atom stereocenters. The molecule has 0 radical (unpaired) electrons. The standard InChI is InChI=1S/C89H60BN7/c1-89(2)71-41-20-18-39-66(71)68-53-69-67-40-19-23-44-79(67)97(83(69)54-72(68)89)80-48-47-62(87-91-75(57-27-8-3-9-28-57)55-76(92-87)58-29-10-4-11-30-58)50-70(80)88-93-77(59-31-12-5-13-32-59)56-78(94-88)61-34-26-33-60(49-61)63-51-84-86-85(52-63)96(65-37-16-7-17-38-65)82-46-25-22-43-74(82)90(86)73-42-21-24-45-81(73)95(84)64-35-14-6-15-36-64/h3-56H,1-2H3. The van der Waals surface area contributed by atoms with Gasteiger partial charge in [-0.3, -0.25) is 0 Å². The summed E-state index contributed by atoms with van der Waals surface area (Å²) in [5.41, 5.74) is 29.7. The van der Waals surface area contributed by atoms with Gasteiger partial charge in [-0.2, -0.15) is 0 Å². The monoisotopic (exact) mass is 1240 g/mol. The van der Waals surface area contributed by atoms with E-state index in [1.165, 1.54) is 60.8 Å². The van der Waals surface area contributed by atoms with Crippen molar-refractivity contribution >= 4 is 79.0 Å². The molecular weight excluding hydrogens is 1180 g/mol. The average molecular weight is 1240 g/mol. The second-order valence-corrected chi connectivity index (χ2v) is 26.1. The summed E-state index contributed by atoms with van der Waals surface area (Å²) in [5, 5.41) is 2.35. The molecule has 19 rings (SSSR count). The van der Waals surface area contributed by atoms with E-state index in [0.29, 0.717) is 11.6 Å². The maximum absolute atomic E-state index is 5.83. The van der Waals surface area contributed by atoms with E-state index in [1.54, 1.807) is 0 Å². The molecule has 3 aromatic heterocycles. The first-order chi connectivity index (χ1) is 47.9. The molecule has 13 aromatic carbocycles. The van der Waals surface area contributed by atoms with Crippen LogP contribution < -0.4 is 26.2 Å². The predicted octanol–water partition coefficient (Wildman–Crippen LogP) is 20.4. The lowest BCUT2D eigenvalue weighted by atomic mass is 9.33. The zero-order valence-corrected chi connectivity index (χ0v) is 53.4. The first-order valence-electron chi connectivity index (χ1n) is 33.3. The van der Waals surface area contributed by atoms with E-state index in [0.717, 1.165) is 107 Å². The third-order valence-electron chi connectivity index (χ3n) is 20.2. The van der Waals surface area contributed by atoms with E-state index in [1.807, 2.05) is 12.1 Å². The quantitative estimate of drug-likeness (QED) is 0.127. The van der Waals surface area contributed by atoms with Crippen LogP contribution in [0.1, 0.15) is 25.0 Å². The van der Waals surface area contributed by atoms with Crippen LogP contribution in [0.15, 0.2) is 328 Å². The lowest BCUT2D eigenvalue weighted by Gasteiger charge is -2.44. The van der Waals surface area contributed by atoms with E-state index in [2.05, 4.69) is 344 Å². The normalized spacial score (nSPS) is 13.1. The minimum absolute atomic E-state index is 0.00506. The van der Waals surface area contributed by atoms with Gasteiger partial charge in [0.1, 0.15) is 0 Å². The Labute approximate surface area is 563 Å². The van der Waals surface area contributed by atoms with Crippen molar-refractivity contribution in [2.75, 3.05) is 9.80 Å². The third kappa shape index (κ3) is 9.12. The SMILES string of the molecule is CC1(C)c2ccccc2-c2cc3c4ccccc4n(-c4ccc(-c5nc(-c6ccccc6)cc(-c6ccccc6)n5)cc4-c4nc(-c5ccccc5)cc(-c5cccc(-c6cc7c8c(c6)N(c6ccccc6)c6ccccc6B8c6ccccc6N7c6ccccc6)c5)n4)c3cc21. The number of nitrogens with zero attached hydrogens (tertiary/aromatic N) is 7. The molecule has 97 heavy (non-hydrogen) atoms. The molecule has 1 aliphatic carbocycles. The van der Waals surface area contributed by atoms with Crippen molar-refractivity contribution in [1.29, 1.82) is 0 Å². The van der Waals surface area contributed by atoms with Crippen molar-refractivity contribution in [2.45, 2.75) is 19.3 Å². The Balaban J connectivity index is 0.847. The minimum Gasteiger partial charge on any atom is -0.311 e. The van der Waals surface area contributed by atoms with E-state index in [4.69, 9.17) is 19.9 Å². The van der Waals surface area contributed by atoms with Crippen LogP contribution in [0.4, 0.5) is 34.1 Å². The average Bonchev–Trinajstić information content (AvgIpc) is 1.42. The molecule has 2 aliphatic heterocycles. The zero-order chi connectivity index (χ0) is 64.3. The lowest BCUT2D eigenvalue weighted by Crippen LogP contribution is -2.61. The summed E-state index contributed by atoms with van der Waals surface area (Å²) in [6.45, 7) is 4.71. The number of hydrogen-bond donors (Lipinski definition) is 0. The van der Waals surface area contributed by atoms with Gasteiger partial charge in [0.2, 0.25) is 0 Å². The highest BCUT2D eigenvalue weighted by Crippen LogP contribution is 2.52. The van der Waals surface area contributed by atoms with Crippen LogP contribution in [0, 0.1) is 0 Å². The highest BCUT2D eigenvalue weighted by Gasteiger charge is 2.44. The molecule has 0 saturated heterocycles.